The van der Waals surface area contributed by atoms with Gasteiger partial charge in [0.1, 0.15) is 11.6 Å². The highest BCUT2D eigenvalue weighted by molar-refractivity contribution is 9.09. The van der Waals surface area contributed by atoms with Gasteiger partial charge in [0.25, 0.3) is 5.91 Å². The van der Waals surface area contributed by atoms with E-state index < -0.39 is 17.5 Å². The lowest BCUT2D eigenvalue weighted by atomic mass is 10.2. The van der Waals surface area contributed by atoms with E-state index >= 15 is 0 Å². The van der Waals surface area contributed by atoms with Crippen LogP contribution in [0.2, 0.25) is 0 Å². The van der Waals surface area contributed by atoms with Gasteiger partial charge in [-0.1, -0.05) is 15.9 Å². The first-order valence-corrected chi connectivity index (χ1v) is 6.20. The number of carbonyl (C=O) groups excluding carboxylic acids is 1. The molecule has 0 radical (unpaired) electrons. The summed E-state index contributed by atoms with van der Waals surface area (Å²) in [5.74, 6) is -1.93. The largest absolute Gasteiger partial charge is 0.383 e. The molecule has 0 aliphatic rings. The average molecular weight is 322 g/mol. The van der Waals surface area contributed by atoms with Crippen LogP contribution in [0.25, 0.3) is 0 Å². The molecule has 100 valence electrons. The third-order valence-corrected chi connectivity index (χ3v) is 2.88. The molecule has 0 saturated carbocycles. The molecule has 0 aromatic heterocycles. The lowest BCUT2D eigenvalue weighted by molar-refractivity contribution is 0.0779. The van der Waals surface area contributed by atoms with Crippen molar-refractivity contribution in [2.24, 2.45) is 0 Å². The molecule has 1 atom stereocenters. The Morgan fingerprint density at radius 1 is 1.50 bits per heavy atom. The topological polar surface area (TPSA) is 29.5 Å². The molecule has 18 heavy (non-hydrogen) atoms. The van der Waals surface area contributed by atoms with Crippen molar-refractivity contribution in [3.8, 4) is 0 Å². The van der Waals surface area contributed by atoms with Gasteiger partial charge in [-0.05, 0) is 18.2 Å². The van der Waals surface area contributed by atoms with Crippen LogP contribution >= 0.6 is 15.9 Å². The molecule has 6 heteroatoms. The highest BCUT2D eigenvalue weighted by atomic mass is 79.9. The number of alkyl halides is 1. The van der Waals surface area contributed by atoms with E-state index in [9.17, 15) is 13.6 Å². The molecule has 0 heterocycles. The molecule has 0 N–H and O–H groups in total. The van der Waals surface area contributed by atoms with Crippen LogP contribution in [0.3, 0.4) is 0 Å². The maximum Gasteiger partial charge on any atom is 0.256 e. The quantitative estimate of drug-likeness (QED) is 0.780. The second-order valence-electron chi connectivity index (χ2n) is 3.86. The molecule has 1 unspecified atom stereocenters. The number of ether oxygens (including phenoxy) is 1. The second-order valence-corrected chi connectivity index (χ2v) is 5.16. The lowest BCUT2D eigenvalue weighted by Crippen LogP contribution is -2.34. The fourth-order valence-corrected chi connectivity index (χ4v) is 2.18. The Kier molecular flexibility index (Phi) is 5.68. The first-order valence-electron chi connectivity index (χ1n) is 5.29. The summed E-state index contributed by atoms with van der Waals surface area (Å²) in [4.78, 5) is 13.2. The Labute approximate surface area is 113 Å². The summed E-state index contributed by atoms with van der Waals surface area (Å²) in [7, 11) is 3.07. The van der Waals surface area contributed by atoms with Gasteiger partial charge < -0.3 is 9.64 Å². The summed E-state index contributed by atoms with van der Waals surface area (Å²) in [5, 5.41) is 0. The summed E-state index contributed by atoms with van der Waals surface area (Å²) in [6, 6.07) is 2.81. The summed E-state index contributed by atoms with van der Waals surface area (Å²) in [6.45, 7) is 0.756. The van der Waals surface area contributed by atoms with E-state index in [2.05, 4.69) is 15.9 Å². The molecule has 1 aromatic carbocycles. The van der Waals surface area contributed by atoms with Crippen molar-refractivity contribution in [3.63, 3.8) is 0 Å². The number of hydrogen-bond donors (Lipinski definition) is 0. The fourth-order valence-electron chi connectivity index (χ4n) is 1.48. The number of methoxy groups -OCH3 is 1. The van der Waals surface area contributed by atoms with Crippen molar-refractivity contribution in [3.05, 3.63) is 35.4 Å². The third-order valence-electron chi connectivity index (χ3n) is 2.32. The number of benzene rings is 1. The molecule has 0 aliphatic heterocycles. The minimum Gasteiger partial charge on any atom is -0.383 e. The van der Waals surface area contributed by atoms with Crippen LogP contribution in [0.15, 0.2) is 18.2 Å². The monoisotopic (exact) mass is 321 g/mol. The van der Waals surface area contributed by atoms with Gasteiger partial charge in [-0.2, -0.15) is 0 Å². The molecule has 0 spiro atoms. The minimum absolute atomic E-state index is 0.0620. The number of halogens is 3. The Bertz CT molecular complexity index is 429. The van der Waals surface area contributed by atoms with E-state index in [1.54, 1.807) is 7.11 Å². The van der Waals surface area contributed by atoms with Gasteiger partial charge in [-0.25, -0.2) is 8.78 Å². The van der Waals surface area contributed by atoms with Crippen molar-refractivity contribution in [2.75, 3.05) is 27.3 Å². The van der Waals surface area contributed by atoms with Crippen molar-refractivity contribution in [1.82, 2.24) is 4.90 Å². The molecule has 0 bridgehead atoms. The first kappa shape index (κ1) is 15.0. The molecular weight excluding hydrogens is 308 g/mol. The molecular formula is C12H14BrF2NO2. The van der Waals surface area contributed by atoms with Crippen molar-refractivity contribution in [2.45, 2.75) is 4.83 Å². The normalized spacial score (nSPS) is 12.3. The maximum atomic E-state index is 13.4. The zero-order valence-corrected chi connectivity index (χ0v) is 11.7. The predicted octanol–water partition coefficient (Wildman–Crippen LogP) is 2.45. The summed E-state index contributed by atoms with van der Waals surface area (Å²) in [5.41, 5.74) is -0.269. The molecule has 1 aromatic rings. The van der Waals surface area contributed by atoms with Crippen molar-refractivity contribution >= 4 is 21.8 Å². The van der Waals surface area contributed by atoms with Gasteiger partial charge in [0.2, 0.25) is 0 Å². The van der Waals surface area contributed by atoms with E-state index in [0.717, 1.165) is 18.2 Å². The molecule has 1 rings (SSSR count). The van der Waals surface area contributed by atoms with E-state index in [1.807, 2.05) is 0 Å². The predicted molar refractivity (Wildman–Crippen MR) is 67.9 cm³/mol. The Balaban J connectivity index is 2.77. The minimum atomic E-state index is -0.730. The number of rotatable bonds is 5. The number of amides is 1. The van der Waals surface area contributed by atoms with Gasteiger partial charge in [0.05, 0.1) is 17.0 Å². The van der Waals surface area contributed by atoms with Gasteiger partial charge in [0, 0.05) is 20.7 Å². The summed E-state index contributed by atoms with van der Waals surface area (Å²) < 4.78 is 31.3. The smallest absolute Gasteiger partial charge is 0.256 e. The van der Waals surface area contributed by atoms with Crippen LogP contribution in [0, 0.1) is 11.6 Å². The number of hydrogen-bond acceptors (Lipinski definition) is 2. The Hall–Kier alpha value is -1.01. The Morgan fingerprint density at radius 3 is 2.78 bits per heavy atom. The van der Waals surface area contributed by atoms with Crippen LogP contribution in [0.4, 0.5) is 8.78 Å². The Morgan fingerprint density at radius 2 is 2.17 bits per heavy atom. The molecule has 3 nitrogen and oxygen atoms in total. The SMILES string of the molecule is COCC(Br)CN(C)C(=O)c1cc(F)ccc1F. The first-order chi connectivity index (χ1) is 8.45. The third kappa shape index (κ3) is 4.03. The molecule has 0 saturated heterocycles. The van der Waals surface area contributed by atoms with Gasteiger partial charge in [0.15, 0.2) is 0 Å². The molecule has 0 aliphatic carbocycles. The highest BCUT2D eigenvalue weighted by Crippen LogP contribution is 2.13. The van der Waals surface area contributed by atoms with Crippen LogP contribution in [0.1, 0.15) is 10.4 Å². The van der Waals surface area contributed by atoms with Crippen LogP contribution < -0.4 is 0 Å². The van der Waals surface area contributed by atoms with Gasteiger partial charge in [-0.15, -0.1) is 0 Å². The summed E-state index contributed by atoms with van der Waals surface area (Å²) >= 11 is 3.33. The average Bonchev–Trinajstić information content (AvgIpc) is 2.31. The molecule has 1 amide bonds. The number of nitrogens with zero attached hydrogens (tertiary/aromatic N) is 1. The zero-order chi connectivity index (χ0) is 13.7. The van der Waals surface area contributed by atoms with Crippen molar-refractivity contribution < 1.29 is 18.3 Å². The van der Waals surface area contributed by atoms with E-state index in [-0.39, 0.29) is 10.4 Å². The lowest BCUT2D eigenvalue weighted by Gasteiger charge is -2.20. The van der Waals surface area contributed by atoms with E-state index in [1.165, 1.54) is 11.9 Å². The summed E-state index contributed by atoms with van der Waals surface area (Å²) in [6.07, 6.45) is 0. The van der Waals surface area contributed by atoms with Gasteiger partial charge in [-0.3, -0.25) is 4.79 Å². The number of carbonyl (C=O) groups is 1. The highest BCUT2D eigenvalue weighted by Gasteiger charge is 2.19. The van der Waals surface area contributed by atoms with Gasteiger partial charge >= 0.3 is 0 Å². The van der Waals surface area contributed by atoms with E-state index in [4.69, 9.17) is 4.74 Å². The van der Waals surface area contributed by atoms with Crippen LogP contribution in [0.5, 0.6) is 0 Å². The van der Waals surface area contributed by atoms with Crippen LogP contribution in [-0.2, 0) is 4.74 Å². The van der Waals surface area contributed by atoms with Crippen molar-refractivity contribution in [1.29, 1.82) is 0 Å². The maximum absolute atomic E-state index is 13.4. The molecule has 0 fully saturated rings. The zero-order valence-electron chi connectivity index (χ0n) is 10.1. The fraction of sp³-hybridized carbons (Fsp3) is 0.417. The van der Waals surface area contributed by atoms with Crippen LogP contribution in [-0.4, -0.2) is 42.9 Å². The van der Waals surface area contributed by atoms with E-state index in [0.29, 0.717) is 13.2 Å². The second kappa shape index (κ2) is 6.80. The standard InChI is InChI=1S/C12H14BrF2NO2/c1-16(6-8(13)7-18-2)12(17)10-5-9(14)3-4-11(10)15/h3-5,8H,6-7H2,1-2H3.